The minimum Gasteiger partial charge on any atom is -0.497 e. The van der Waals surface area contributed by atoms with Gasteiger partial charge in [0.05, 0.1) is 22.8 Å². The van der Waals surface area contributed by atoms with E-state index >= 15 is 0 Å². The monoisotopic (exact) mass is 530 g/mol. The number of ether oxygens (including phenoxy) is 2. The molecule has 1 aliphatic heterocycles. The van der Waals surface area contributed by atoms with Gasteiger partial charge in [0, 0.05) is 16.7 Å². The van der Waals surface area contributed by atoms with E-state index in [2.05, 4.69) is 5.32 Å². The third-order valence-corrected chi connectivity index (χ3v) is 6.04. The van der Waals surface area contributed by atoms with Crippen LogP contribution >= 0.6 is 34.8 Å². The zero-order chi connectivity index (χ0) is 25.1. The maximum atomic E-state index is 13.2. The lowest BCUT2D eigenvalue weighted by Gasteiger charge is -2.26. The Morgan fingerprint density at radius 1 is 0.943 bits per heavy atom. The first-order valence-electron chi connectivity index (χ1n) is 10.2. The summed E-state index contributed by atoms with van der Waals surface area (Å²) in [6.07, 6.45) is 1.35. The summed E-state index contributed by atoms with van der Waals surface area (Å²) in [5.74, 6) is -0.794. The number of rotatable bonds is 6. The number of hydrogen-bond acceptors (Lipinski definition) is 5. The molecule has 0 spiro atoms. The molecule has 0 saturated carbocycles. The van der Waals surface area contributed by atoms with Crippen LogP contribution in [0, 0.1) is 0 Å². The summed E-state index contributed by atoms with van der Waals surface area (Å²) in [7, 11) is 1.51. The lowest BCUT2D eigenvalue weighted by Crippen LogP contribution is -2.54. The van der Waals surface area contributed by atoms with Crippen molar-refractivity contribution in [2.75, 3.05) is 12.0 Å². The number of barbiturate groups is 1. The molecule has 3 aromatic rings. The Morgan fingerprint density at radius 3 is 2.46 bits per heavy atom. The zero-order valence-electron chi connectivity index (χ0n) is 18.2. The molecule has 7 nitrogen and oxygen atoms in total. The van der Waals surface area contributed by atoms with Gasteiger partial charge in [0.15, 0.2) is 0 Å². The van der Waals surface area contributed by atoms with Crippen LogP contribution in [0.15, 0.2) is 66.2 Å². The molecule has 1 aliphatic rings. The minimum absolute atomic E-state index is 0.152. The molecule has 35 heavy (non-hydrogen) atoms. The summed E-state index contributed by atoms with van der Waals surface area (Å²) in [6, 6.07) is 15.5. The number of halogens is 3. The van der Waals surface area contributed by atoms with E-state index in [9.17, 15) is 14.4 Å². The molecule has 1 saturated heterocycles. The van der Waals surface area contributed by atoms with Gasteiger partial charge >= 0.3 is 6.03 Å². The first-order valence-corrected chi connectivity index (χ1v) is 11.3. The van der Waals surface area contributed by atoms with Crippen molar-refractivity contribution < 1.29 is 23.9 Å². The van der Waals surface area contributed by atoms with Crippen molar-refractivity contribution in [2.45, 2.75) is 6.61 Å². The van der Waals surface area contributed by atoms with E-state index < -0.39 is 17.8 Å². The van der Waals surface area contributed by atoms with Gasteiger partial charge in [-0.15, -0.1) is 0 Å². The fourth-order valence-electron chi connectivity index (χ4n) is 3.35. The number of carbonyl (C=O) groups is 3. The Morgan fingerprint density at radius 2 is 1.74 bits per heavy atom. The van der Waals surface area contributed by atoms with Crippen molar-refractivity contribution in [3.05, 3.63) is 92.4 Å². The Kier molecular flexibility index (Phi) is 7.31. The predicted molar refractivity (Wildman–Crippen MR) is 134 cm³/mol. The van der Waals surface area contributed by atoms with Crippen LogP contribution in [-0.2, 0) is 16.2 Å². The van der Waals surface area contributed by atoms with Crippen molar-refractivity contribution in [1.82, 2.24) is 5.32 Å². The standard InChI is InChI=1S/C25H17Cl3N2O5/c1-34-18-7-5-15(22(12-18)35-13-14-3-2-4-16(26)9-14)10-19-23(31)29-25(33)30(24(19)32)17-6-8-20(27)21(28)11-17/h2-12H,13H2,1H3,(H,29,31,33)/b19-10+. The molecular formula is C25H17Cl3N2O5. The Balaban J connectivity index is 1.69. The predicted octanol–water partition coefficient (Wildman–Crippen LogP) is 5.90. The number of carbonyl (C=O) groups excluding carboxylic acids is 3. The molecule has 1 N–H and O–H groups in total. The Bertz CT molecular complexity index is 1370. The molecule has 0 bridgehead atoms. The average molecular weight is 532 g/mol. The smallest absolute Gasteiger partial charge is 0.335 e. The molecule has 0 radical (unpaired) electrons. The SMILES string of the molecule is COc1ccc(/C=C2\C(=O)NC(=O)N(c3ccc(Cl)c(Cl)c3)C2=O)c(OCc2cccc(Cl)c2)c1. The van der Waals surface area contributed by atoms with E-state index in [1.54, 1.807) is 36.4 Å². The molecule has 1 fully saturated rings. The third kappa shape index (κ3) is 5.43. The van der Waals surface area contributed by atoms with E-state index in [0.29, 0.717) is 22.1 Å². The molecule has 4 amide bonds. The molecule has 0 aromatic heterocycles. The number of hydrogen-bond donors (Lipinski definition) is 1. The second kappa shape index (κ2) is 10.4. The van der Waals surface area contributed by atoms with E-state index in [0.717, 1.165) is 10.5 Å². The van der Waals surface area contributed by atoms with E-state index in [1.165, 1.54) is 31.4 Å². The summed E-state index contributed by atoms with van der Waals surface area (Å²) < 4.78 is 11.2. The number of imide groups is 2. The van der Waals surface area contributed by atoms with Gasteiger partial charge in [-0.05, 0) is 54.1 Å². The van der Waals surface area contributed by atoms with Crippen molar-refractivity contribution in [3.8, 4) is 11.5 Å². The van der Waals surface area contributed by atoms with Crippen LogP contribution in [0.2, 0.25) is 15.1 Å². The van der Waals surface area contributed by atoms with Gasteiger partial charge in [-0.25, -0.2) is 9.69 Å². The quantitative estimate of drug-likeness (QED) is 0.316. The highest BCUT2D eigenvalue weighted by Crippen LogP contribution is 2.31. The van der Waals surface area contributed by atoms with Gasteiger partial charge in [-0.2, -0.15) is 0 Å². The first-order chi connectivity index (χ1) is 16.8. The summed E-state index contributed by atoms with van der Waals surface area (Å²) in [6.45, 7) is 0.179. The Labute approximate surface area is 215 Å². The number of amides is 4. The molecule has 0 unspecified atom stereocenters. The van der Waals surface area contributed by atoms with Gasteiger partial charge in [-0.3, -0.25) is 14.9 Å². The largest absolute Gasteiger partial charge is 0.497 e. The zero-order valence-corrected chi connectivity index (χ0v) is 20.4. The molecule has 178 valence electrons. The molecule has 0 aliphatic carbocycles. The molecule has 4 rings (SSSR count). The molecule has 3 aromatic carbocycles. The summed E-state index contributed by atoms with van der Waals surface area (Å²) in [5.41, 5.74) is 1.14. The molecule has 0 atom stereocenters. The van der Waals surface area contributed by atoms with Crippen molar-refractivity contribution in [2.24, 2.45) is 0 Å². The van der Waals surface area contributed by atoms with E-state index in [-0.39, 0.29) is 27.9 Å². The minimum atomic E-state index is -0.900. The van der Waals surface area contributed by atoms with Crippen LogP contribution in [0.25, 0.3) is 6.08 Å². The van der Waals surface area contributed by atoms with Gasteiger partial charge < -0.3 is 9.47 Å². The fourth-order valence-corrected chi connectivity index (χ4v) is 3.85. The lowest BCUT2D eigenvalue weighted by molar-refractivity contribution is -0.122. The summed E-state index contributed by atoms with van der Waals surface area (Å²) >= 11 is 18.0. The van der Waals surface area contributed by atoms with Crippen LogP contribution in [0.1, 0.15) is 11.1 Å². The van der Waals surface area contributed by atoms with Crippen molar-refractivity contribution in [3.63, 3.8) is 0 Å². The number of methoxy groups -OCH3 is 1. The van der Waals surface area contributed by atoms with Gasteiger partial charge in [0.25, 0.3) is 11.8 Å². The number of anilines is 1. The second-order valence-electron chi connectivity index (χ2n) is 7.38. The average Bonchev–Trinajstić information content (AvgIpc) is 2.83. The van der Waals surface area contributed by atoms with Gasteiger partial charge in [0.1, 0.15) is 23.7 Å². The number of nitrogens with one attached hydrogen (secondary N) is 1. The van der Waals surface area contributed by atoms with E-state index in [4.69, 9.17) is 44.3 Å². The van der Waals surface area contributed by atoms with Crippen LogP contribution in [0.5, 0.6) is 11.5 Å². The van der Waals surface area contributed by atoms with Gasteiger partial charge in [0.2, 0.25) is 0 Å². The second-order valence-corrected chi connectivity index (χ2v) is 8.63. The fraction of sp³-hybridized carbons (Fsp3) is 0.0800. The topological polar surface area (TPSA) is 84.9 Å². The van der Waals surface area contributed by atoms with Crippen LogP contribution in [-0.4, -0.2) is 25.0 Å². The number of nitrogens with zero attached hydrogens (tertiary/aromatic N) is 1. The number of urea groups is 1. The van der Waals surface area contributed by atoms with Crippen molar-refractivity contribution in [1.29, 1.82) is 0 Å². The molecular weight excluding hydrogens is 515 g/mol. The highest BCUT2D eigenvalue weighted by Gasteiger charge is 2.37. The third-order valence-electron chi connectivity index (χ3n) is 5.07. The number of benzene rings is 3. The van der Waals surface area contributed by atoms with Crippen LogP contribution in [0.3, 0.4) is 0 Å². The van der Waals surface area contributed by atoms with E-state index in [1.807, 2.05) is 6.07 Å². The Hall–Kier alpha value is -3.52. The summed E-state index contributed by atoms with van der Waals surface area (Å²) in [5, 5.41) is 3.15. The normalized spacial score (nSPS) is 14.8. The maximum absolute atomic E-state index is 13.2. The molecule has 1 heterocycles. The highest BCUT2D eigenvalue weighted by atomic mass is 35.5. The van der Waals surface area contributed by atoms with Crippen molar-refractivity contribution >= 4 is 64.4 Å². The molecule has 10 heteroatoms. The first kappa shape index (κ1) is 24.6. The maximum Gasteiger partial charge on any atom is 0.335 e. The van der Waals surface area contributed by atoms with Gasteiger partial charge in [-0.1, -0.05) is 46.9 Å². The van der Waals surface area contributed by atoms with Crippen LogP contribution < -0.4 is 19.7 Å². The van der Waals surface area contributed by atoms with Crippen LogP contribution in [0.4, 0.5) is 10.5 Å². The highest BCUT2D eigenvalue weighted by molar-refractivity contribution is 6.43. The summed E-state index contributed by atoms with van der Waals surface area (Å²) in [4.78, 5) is 39.1. The lowest BCUT2D eigenvalue weighted by atomic mass is 10.1.